The van der Waals surface area contributed by atoms with Gasteiger partial charge in [0, 0.05) is 32.4 Å². The molecule has 0 spiro atoms. The number of anilines is 1. The molecule has 8 heteroatoms. The highest BCUT2D eigenvalue weighted by Gasteiger charge is 2.22. The van der Waals surface area contributed by atoms with E-state index in [0.717, 1.165) is 32.0 Å². The molecule has 0 bridgehead atoms. The normalized spacial score (nSPS) is 14.6. The van der Waals surface area contributed by atoms with Crippen molar-refractivity contribution in [3.05, 3.63) is 16.8 Å². The lowest BCUT2D eigenvalue weighted by molar-refractivity contribution is 0.585. The van der Waals surface area contributed by atoms with Crippen LogP contribution >= 0.6 is 0 Å². The summed E-state index contributed by atoms with van der Waals surface area (Å²) in [7, 11) is 0. The van der Waals surface area contributed by atoms with Crippen LogP contribution in [0.25, 0.3) is 11.2 Å². The molecule has 0 unspecified atom stereocenters. The number of hydrogen-bond donors (Lipinski definition) is 2. The highest BCUT2D eigenvalue weighted by molar-refractivity contribution is 5.84. The molecule has 0 radical (unpaired) electrons. The average molecular weight is 313 g/mol. The van der Waals surface area contributed by atoms with Crippen molar-refractivity contribution in [3.63, 3.8) is 0 Å². The summed E-state index contributed by atoms with van der Waals surface area (Å²) in [5.74, 6) is 6.52. The molecule has 0 atom stereocenters. The number of piperazine rings is 1. The number of nitrogens with zero attached hydrogens (tertiary/aromatic N) is 5. The second-order valence-corrected chi connectivity index (χ2v) is 5.22. The van der Waals surface area contributed by atoms with Crippen molar-refractivity contribution in [2.75, 3.05) is 31.1 Å². The van der Waals surface area contributed by atoms with Crippen LogP contribution in [0.4, 0.5) is 5.82 Å². The lowest BCUT2D eigenvalue weighted by Crippen LogP contribution is -2.44. The Morgan fingerprint density at radius 3 is 2.83 bits per heavy atom. The summed E-state index contributed by atoms with van der Waals surface area (Å²) >= 11 is 0. The lowest BCUT2D eigenvalue weighted by Gasteiger charge is -2.28. The van der Waals surface area contributed by atoms with Gasteiger partial charge in [-0.25, -0.2) is 14.8 Å². The van der Waals surface area contributed by atoms with Crippen LogP contribution < -0.4 is 15.9 Å². The van der Waals surface area contributed by atoms with Gasteiger partial charge < -0.3 is 15.6 Å². The van der Waals surface area contributed by atoms with Crippen LogP contribution in [0.2, 0.25) is 0 Å². The van der Waals surface area contributed by atoms with E-state index in [2.05, 4.69) is 32.0 Å². The summed E-state index contributed by atoms with van der Waals surface area (Å²) in [5.41, 5.74) is 1.05. The standard InChI is InChI=1S/C15H19N7O/c1-2-3-7-21-12-13(20-9-5-17-6-10-20)18-11-19-14(12)22(8-4-16)15(21)23/h4,11,16-17H,5-10H2,1H3. The van der Waals surface area contributed by atoms with Crippen LogP contribution in [0, 0.1) is 17.3 Å². The summed E-state index contributed by atoms with van der Waals surface area (Å²) in [6.07, 6.45) is 2.68. The van der Waals surface area contributed by atoms with Gasteiger partial charge in [-0.15, -0.1) is 5.92 Å². The summed E-state index contributed by atoms with van der Waals surface area (Å²) in [6, 6.07) is 0. The molecule has 1 aliphatic rings. The van der Waals surface area contributed by atoms with E-state index in [1.165, 1.54) is 17.1 Å². The summed E-state index contributed by atoms with van der Waals surface area (Å²) < 4.78 is 3.10. The molecule has 3 rings (SSSR count). The van der Waals surface area contributed by atoms with Gasteiger partial charge in [-0.1, -0.05) is 5.92 Å². The van der Waals surface area contributed by atoms with Crippen molar-refractivity contribution in [2.45, 2.75) is 20.0 Å². The smallest absolute Gasteiger partial charge is 0.331 e. The fourth-order valence-electron chi connectivity index (χ4n) is 2.80. The minimum absolute atomic E-state index is 0.194. The van der Waals surface area contributed by atoms with E-state index in [1.807, 2.05) is 0 Å². The van der Waals surface area contributed by atoms with E-state index in [4.69, 9.17) is 5.41 Å². The molecule has 8 nitrogen and oxygen atoms in total. The summed E-state index contributed by atoms with van der Waals surface area (Å²) in [4.78, 5) is 23.5. The molecular weight excluding hydrogens is 294 g/mol. The zero-order chi connectivity index (χ0) is 16.2. The van der Waals surface area contributed by atoms with E-state index in [0.29, 0.717) is 17.7 Å². The highest BCUT2D eigenvalue weighted by Crippen LogP contribution is 2.22. The lowest BCUT2D eigenvalue weighted by atomic mass is 10.3. The largest absolute Gasteiger partial charge is 0.352 e. The van der Waals surface area contributed by atoms with Gasteiger partial charge in [-0.2, -0.15) is 0 Å². The molecule has 0 amide bonds. The highest BCUT2D eigenvalue weighted by atomic mass is 16.1. The average Bonchev–Trinajstić information content (AvgIpc) is 2.86. The fraction of sp³-hybridized carbons (Fsp3) is 0.467. The Balaban J connectivity index is 2.23. The fourth-order valence-corrected chi connectivity index (χ4v) is 2.80. The Kier molecular flexibility index (Phi) is 4.39. The molecule has 0 aliphatic carbocycles. The first kappa shape index (κ1) is 15.2. The third-order valence-corrected chi connectivity index (χ3v) is 3.88. The van der Waals surface area contributed by atoms with Gasteiger partial charge in [0.2, 0.25) is 0 Å². The van der Waals surface area contributed by atoms with Crippen LogP contribution in [-0.2, 0) is 13.1 Å². The number of imidazole rings is 1. The topological polar surface area (TPSA) is 91.8 Å². The number of fused-ring (bicyclic) bond motifs is 1. The SMILES string of the molecule is CC#CCn1c(=O)n(CC=N)c2ncnc(N3CCNCC3)c21. The Hall–Kier alpha value is -2.66. The molecular formula is C15H19N7O. The van der Waals surface area contributed by atoms with E-state index in [9.17, 15) is 4.79 Å². The van der Waals surface area contributed by atoms with Crippen molar-refractivity contribution in [2.24, 2.45) is 0 Å². The van der Waals surface area contributed by atoms with Gasteiger partial charge in [0.05, 0.1) is 13.1 Å². The third kappa shape index (κ3) is 2.71. The maximum Gasteiger partial charge on any atom is 0.331 e. The summed E-state index contributed by atoms with van der Waals surface area (Å²) in [6.45, 7) is 5.65. The minimum atomic E-state index is -0.205. The second kappa shape index (κ2) is 6.62. The van der Waals surface area contributed by atoms with Crippen molar-refractivity contribution >= 4 is 23.2 Å². The zero-order valence-electron chi connectivity index (χ0n) is 13.0. The van der Waals surface area contributed by atoms with Gasteiger partial charge in [-0.3, -0.25) is 9.13 Å². The molecule has 0 aromatic carbocycles. The predicted octanol–water partition coefficient (Wildman–Crippen LogP) is -0.325. The first-order chi connectivity index (χ1) is 11.3. The Morgan fingerprint density at radius 1 is 1.35 bits per heavy atom. The first-order valence-electron chi connectivity index (χ1n) is 7.56. The zero-order valence-corrected chi connectivity index (χ0v) is 13.0. The molecule has 120 valence electrons. The summed E-state index contributed by atoms with van der Waals surface area (Å²) in [5, 5.41) is 10.6. The van der Waals surface area contributed by atoms with Crippen molar-refractivity contribution in [1.82, 2.24) is 24.4 Å². The number of aromatic nitrogens is 4. The quantitative estimate of drug-likeness (QED) is 0.596. The van der Waals surface area contributed by atoms with E-state index in [1.54, 1.807) is 11.5 Å². The van der Waals surface area contributed by atoms with Gasteiger partial charge in [0.15, 0.2) is 11.5 Å². The molecule has 0 saturated carbocycles. The second-order valence-electron chi connectivity index (χ2n) is 5.22. The Bertz CT molecular complexity index is 833. The van der Waals surface area contributed by atoms with Crippen LogP contribution in [-0.4, -0.2) is 51.5 Å². The van der Waals surface area contributed by atoms with Crippen LogP contribution in [0.1, 0.15) is 6.92 Å². The maximum atomic E-state index is 12.7. The number of nitrogens with one attached hydrogen (secondary N) is 2. The van der Waals surface area contributed by atoms with Gasteiger partial charge in [-0.05, 0) is 6.92 Å². The molecule has 2 N–H and O–H groups in total. The molecule has 1 aliphatic heterocycles. The Labute approximate surface area is 133 Å². The molecule has 2 aromatic heterocycles. The first-order valence-corrected chi connectivity index (χ1v) is 7.56. The van der Waals surface area contributed by atoms with E-state index < -0.39 is 0 Å². The van der Waals surface area contributed by atoms with Crippen molar-refractivity contribution in [3.8, 4) is 11.8 Å². The molecule has 1 saturated heterocycles. The number of hydrogen-bond acceptors (Lipinski definition) is 6. The van der Waals surface area contributed by atoms with Crippen LogP contribution in [0.5, 0.6) is 0 Å². The molecule has 3 heterocycles. The van der Waals surface area contributed by atoms with Gasteiger partial charge >= 0.3 is 5.69 Å². The van der Waals surface area contributed by atoms with Crippen LogP contribution in [0.3, 0.4) is 0 Å². The predicted molar refractivity (Wildman–Crippen MR) is 89.1 cm³/mol. The monoisotopic (exact) mass is 313 g/mol. The molecule has 2 aromatic rings. The molecule has 23 heavy (non-hydrogen) atoms. The molecule has 1 fully saturated rings. The van der Waals surface area contributed by atoms with Gasteiger partial charge in [0.1, 0.15) is 11.8 Å². The van der Waals surface area contributed by atoms with Crippen molar-refractivity contribution < 1.29 is 0 Å². The van der Waals surface area contributed by atoms with E-state index >= 15 is 0 Å². The number of rotatable bonds is 4. The van der Waals surface area contributed by atoms with E-state index in [-0.39, 0.29) is 12.2 Å². The van der Waals surface area contributed by atoms with Crippen molar-refractivity contribution in [1.29, 1.82) is 5.41 Å². The maximum absolute atomic E-state index is 12.7. The Morgan fingerprint density at radius 2 is 2.13 bits per heavy atom. The third-order valence-electron chi connectivity index (χ3n) is 3.88. The van der Waals surface area contributed by atoms with Gasteiger partial charge in [0.25, 0.3) is 0 Å². The minimum Gasteiger partial charge on any atom is -0.352 e. The van der Waals surface area contributed by atoms with Crippen LogP contribution in [0.15, 0.2) is 11.1 Å².